The number of aliphatic hydroxyl groups excluding tert-OH is 1. The van der Waals surface area contributed by atoms with Crippen LogP contribution in [0.2, 0.25) is 0 Å². The maximum Gasteiger partial charge on any atom is 0.257 e. The van der Waals surface area contributed by atoms with Crippen LogP contribution in [-0.2, 0) is 0 Å². The second kappa shape index (κ2) is 6.52. The quantitative estimate of drug-likeness (QED) is 0.802. The van der Waals surface area contributed by atoms with Crippen LogP contribution >= 0.6 is 0 Å². The summed E-state index contributed by atoms with van der Waals surface area (Å²) in [5.74, 6) is -0.926. The van der Waals surface area contributed by atoms with Gasteiger partial charge in [-0.1, -0.05) is 0 Å². The largest absolute Gasteiger partial charge is 0.399 e. The number of nitrogens with two attached hydrogens (primary N) is 1. The minimum Gasteiger partial charge on any atom is -0.399 e. The van der Waals surface area contributed by atoms with Crippen LogP contribution in [0.15, 0.2) is 12.1 Å². The first-order valence-corrected chi connectivity index (χ1v) is 6.36. The van der Waals surface area contributed by atoms with Crippen LogP contribution in [0, 0.1) is 12.7 Å². The van der Waals surface area contributed by atoms with E-state index in [9.17, 15) is 9.18 Å². The summed E-state index contributed by atoms with van der Waals surface area (Å²) in [5, 5.41) is 8.86. The number of amides is 1. The molecular weight excluding hydrogens is 247 g/mol. The molecule has 0 bridgehead atoms. The molecule has 0 aliphatic rings. The van der Waals surface area contributed by atoms with Crippen molar-refractivity contribution in [1.82, 2.24) is 4.90 Å². The first kappa shape index (κ1) is 15.4. The topological polar surface area (TPSA) is 66.6 Å². The van der Waals surface area contributed by atoms with Crippen LogP contribution in [0.25, 0.3) is 0 Å². The Labute approximate surface area is 113 Å². The second-order valence-electron chi connectivity index (χ2n) is 4.87. The normalized spacial score (nSPS) is 10.8. The average Bonchev–Trinajstić information content (AvgIpc) is 2.33. The van der Waals surface area contributed by atoms with Gasteiger partial charge >= 0.3 is 0 Å². The molecule has 0 unspecified atom stereocenters. The third-order valence-electron chi connectivity index (χ3n) is 2.95. The zero-order valence-electron chi connectivity index (χ0n) is 11.6. The molecule has 1 amide bonds. The van der Waals surface area contributed by atoms with Gasteiger partial charge in [0.25, 0.3) is 5.91 Å². The fraction of sp³-hybridized carbons (Fsp3) is 0.500. The molecule has 0 heterocycles. The molecule has 0 radical (unpaired) electrons. The van der Waals surface area contributed by atoms with Gasteiger partial charge in [0.2, 0.25) is 0 Å². The molecule has 0 spiro atoms. The highest BCUT2D eigenvalue weighted by molar-refractivity contribution is 5.95. The standard InChI is InChI=1S/C14H21FN2O2/c1-9(2)17(5-4-6-18)14(19)12-8-11(16)7-10(3)13(12)15/h7-9,18H,4-6,16H2,1-3H3. The predicted molar refractivity (Wildman–Crippen MR) is 73.4 cm³/mol. The van der Waals surface area contributed by atoms with Crippen molar-refractivity contribution in [2.75, 3.05) is 18.9 Å². The third-order valence-corrected chi connectivity index (χ3v) is 2.95. The van der Waals surface area contributed by atoms with Crippen molar-refractivity contribution >= 4 is 11.6 Å². The summed E-state index contributed by atoms with van der Waals surface area (Å²) < 4.78 is 14.0. The number of nitrogen functional groups attached to an aromatic ring is 1. The van der Waals surface area contributed by atoms with E-state index in [0.717, 1.165) is 0 Å². The zero-order valence-corrected chi connectivity index (χ0v) is 11.6. The summed E-state index contributed by atoms with van der Waals surface area (Å²) >= 11 is 0. The number of aryl methyl sites for hydroxylation is 1. The van der Waals surface area contributed by atoms with E-state index in [0.29, 0.717) is 24.2 Å². The fourth-order valence-electron chi connectivity index (χ4n) is 1.94. The number of carbonyl (C=O) groups is 1. The Hall–Kier alpha value is -1.62. The molecule has 4 nitrogen and oxygen atoms in total. The number of anilines is 1. The number of benzene rings is 1. The molecule has 0 fully saturated rings. The first-order chi connectivity index (χ1) is 8.88. The van der Waals surface area contributed by atoms with Gasteiger partial charge in [0.15, 0.2) is 0 Å². The molecule has 0 aromatic heterocycles. The Kier molecular flexibility index (Phi) is 5.30. The number of aliphatic hydroxyl groups is 1. The summed E-state index contributed by atoms with van der Waals surface area (Å²) in [6, 6.07) is 2.79. The molecule has 5 heteroatoms. The highest BCUT2D eigenvalue weighted by Crippen LogP contribution is 2.20. The van der Waals surface area contributed by atoms with Gasteiger partial charge in [-0.05, 0) is 44.9 Å². The lowest BCUT2D eigenvalue weighted by molar-refractivity contribution is 0.0688. The van der Waals surface area contributed by atoms with Gasteiger partial charge in [0, 0.05) is 24.9 Å². The van der Waals surface area contributed by atoms with E-state index >= 15 is 0 Å². The van der Waals surface area contributed by atoms with Crippen molar-refractivity contribution in [2.24, 2.45) is 0 Å². The minimum absolute atomic E-state index is 0.00502. The molecule has 106 valence electrons. The van der Waals surface area contributed by atoms with Crippen molar-refractivity contribution in [2.45, 2.75) is 33.2 Å². The summed E-state index contributed by atoms with van der Waals surface area (Å²) in [6.45, 7) is 5.67. The Morgan fingerprint density at radius 3 is 2.63 bits per heavy atom. The van der Waals surface area contributed by atoms with Crippen molar-refractivity contribution in [3.8, 4) is 0 Å². The summed E-state index contributed by atoms with van der Waals surface area (Å²) in [5.41, 5.74) is 6.38. The van der Waals surface area contributed by atoms with E-state index in [2.05, 4.69) is 0 Å². The van der Waals surface area contributed by atoms with Crippen molar-refractivity contribution < 1.29 is 14.3 Å². The molecule has 0 saturated heterocycles. The lowest BCUT2D eigenvalue weighted by Crippen LogP contribution is -2.38. The number of carbonyl (C=O) groups excluding carboxylic acids is 1. The molecule has 1 rings (SSSR count). The Balaban J connectivity index is 3.09. The molecule has 0 saturated carbocycles. The molecule has 0 aliphatic carbocycles. The maximum absolute atomic E-state index is 14.0. The van der Waals surface area contributed by atoms with E-state index in [-0.39, 0.29) is 18.2 Å². The second-order valence-corrected chi connectivity index (χ2v) is 4.87. The SMILES string of the molecule is Cc1cc(N)cc(C(=O)N(CCCO)C(C)C)c1F. The van der Waals surface area contributed by atoms with Crippen molar-refractivity contribution in [3.05, 3.63) is 29.1 Å². The van der Waals surface area contributed by atoms with Gasteiger partial charge in [0.05, 0.1) is 5.56 Å². The van der Waals surface area contributed by atoms with Crippen LogP contribution in [0.4, 0.5) is 10.1 Å². The number of hydrogen-bond acceptors (Lipinski definition) is 3. The number of halogens is 1. The molecular formula is C14H21FN2O2. The molecule has 1 aromatic carbocycles. The number of nitrogens with zero attached hydrogens (tertiary/aromatic N) is 1. The molecule has 0 atom stereocenters. The summed E-state index contributed by atoms with van der Waals surface area (Å²) in [6.07, 6.45) is 0.465. The van der Waals surface area contributed by atoms with Gasteiger partial charge in [-0.15, -0.1) is 0 Å². The van der Waals surface area contributed by atoms with Crippen molar-refractivity contribution in [1.29, 1.82) is 0 Å². The molecule has 0 aliphatic heterocycles. The third kappa shape index (κ3) is 3.67. The van der Waals surface area contributed by atoms with Crippen LogP contribution in [0.3, 0.4) is 0 Å². The Bertz CT molecular complexity index is 461. The molecule has 19 heavy (non-hydrogen) atoms. The van der Waals surface area contributed by atoms with E-state index in [1.165, 1.54) is 17.0 Å². The van der Waals surface area contributed by atoms with Gasteiger partial charge in [-0.3, -0.25) is 4.79 Å². The molecule has 3 N–H and O–H groups in total. The van der Waals surface area contributed by atoms with Crippen molar-refractivity contribution in [3.63, 3.8) is 0 Å². The van der Waals surface area contributed by atoms with Gasteiger partial charge in [0.1, 0.15) is 5.82 Å². The van der Waals surface area contributed by atoms with Crippen LogP contribution in [0.1, 0.15) is 36.2 Å². The fourth-order valence-corrected chi connectivity index (χ4v) is 1.94. The highest BCUT2D eigenvalue weighted by Gasteiger charge is 2.22. The van der Waals surface area contributed by atoms with Crippen LogP contribution < -0.4 is 5.73 Å². The lowest BCUT2D eigenvalue weighted by Gasteiger charge is -2.27. The average molecular weight is 268 g/mol. The first-order valence-electron chi connectivity index (χ1n) is 6.36. The summed E-state index contributed by atoms with van der Waals surface area (Å²) in [4.78, 5) is 13.9. The van der Waals surface area contributed by atoms with Gasteiger partial charge in [-0.2, -0.15) is 0 Å². The van der Waals surface area contributed by atoms with E-state index in [4.69, 9.17) is 10.8 Å². The highest BCUT2D eigenvalue weighted by atomic mass is 19.1. The monoisotopic (exact) mass is 268 g/mol. The maximum atomic E-state index is 14.0. The van der Waals surface area contributed by atoms with Crippen LogP contribution in [0.5, 0.6) is 0 Å². The number of hydrogen-bond donors (Lipinski definition) is 2. The Morgan fingerprint density at radius 1 is 1.47 bits per heavy atom. The van der Waals surface area contributed by atoms with Gasteiger partial charge < -0.3 is 15.7 Å². The smallest absolute Gasteiger partial charge is 0.257 e. The predicted octanol–water partition coefficient (Wildman–Crippen LogP) is 1.95. The lowest BCUT2D eigenvalue weighted by atomic mass is 10.1. The number of rotatable bonds is 5. The Morgan fingerprint density at radius 2 is 2.11 bits per heavy atom. The minimum atomic E-state index is -0.533. The van der Waals surface area contributed by atoms with E-state index in [1.807, 2.05) is 13.8 Å². The molecule has 1 aromatic rings. The van der Waals surface area contributed by atoms with E-state index in [1.54, 1.807) is 6.92 Å². The zero-order chi connectivity index (χ0) is 14.6. The van der Waals surface area contributed by atoms with E-state index < -0.39 is 11.7 Å². The summed E-state index contributed by atoms with van der Waals surface area (Å²) in [7, 11) is 0. The van der Waals surface area contributed by atoms with Gasteiger partial charge in [-0.25, -0.2) is 4.39 Å². The van der Waals surface area contributed by atoms with Crippen LogP contribution in [-0.4, -0.2) is 35.1 Å².